The van der Waals surface area contributed by atoms with Crippen LogP contribution >= 0.6 is 11.3 Å². The molecule has 14 heavy (non-hydrogen) atoms. The fourth-order valence-corrected chi connectivity index (χ4v) is 1.63. The van der Waals surface area contributed by atoms with E-state index in [0.29, 0.717) is 17.2 Å². The first-order valence-corrected chi connectivity index (χ1v) is 4.70. The van der Waals surface area contributed by atoms with Crippen molar-refractivity contribution >= 4 is 22.4 Å². The molecule has 0 atom stereocenters. The minimum Gasteiger partial charge on any atom is -0.462 e. The minimum absolute atomic E-state index is 0.230. The molecule has 0 N–H and O–H groups in total. The summed E-state index contributed by atoms with van der Waals surface area (Å²) in [5.74, 6) is -0.429. The summed E-state index contributed by atoms with van der Waals surface area (Å²) >= 11 is 1.03. The lowest BCUT2D eigenvalue weighted by atomic mass is 10.4. The van der Waals surface area contributed by atoms with Crippen molar-refractivity contribution in [1.82, 2.24) is 4.98 Å². The number of thiazole rings is 1. The van der Waals surface area contributed by atoms with Crippen molar-refractivity contribution in [2.45, 2.75) is 13.8 Å². The van der Waals surface area contributed by atoms with Crippen molar-refractivity contribution < 1.29 is 9.53 Å². The summed E-state index contributed by atoms with van der Waals surface area (Å²) in [6.45, 7) is 3.70. The predicted molar refractivity (Wildman–Crippen MR) is 51.6 cm³/mol. The van der Waals surface area contributed by atoms with Gasteiger partial charge in [-0.2, -0.15) is 0 Å². The number of hydrogen-bond acceptors (Lipinski definition) is 5. The predicted octanol–water partition coefficient (Wildman–Crippen LogP) is 2.57. The second-order valence-electron chi connectivity index (χ2n) is 2.32. The van der Waals surface area contributed by atoms with Crippen LogP contribution in [-0.2, 0) is 4.74 Å². The van der Waals surface area contributed by atoms with Crippen LogP contribution in [0, 0.1) is 6.92 Å². The molecule has 1 aromatic heterocycles. The highest BCUT2D eigenvalue weighted by atomic mass is 32.1. The van der Waals surface area contributed by atoms with Crippen LogP contribution in [0.5, 0.6) is 0 Å². The lowest BCUT2D eigenvalue weighted by Gasteiger charge is -1.97. The molecule has 0 aliphatic carbocycles. The van der Waals surface area contributed by atoms with E-state index in [-0.39, 0.29) is 5.13 Å². The Kier molecular flexibility index (Phi) is 3.44. The van der Waals surface area contributed by atoms with Gasteiger partial charge in [-0.05, 0) is 24.5 Å². The Morgan fingerprint density at radius 2 is 2.50 bits per heavy atom. The van der Waals surface area contributed by atoms with Crippen molar-refractivity contribution in [3.63, 3.8) is 0 Å². The fourth-order valence-electron chi connectivity index (χ4n) is 0.849. The van der Waals surface area contributed by atoms with Gasteiger partial charge >= 0.3 is 5.97 Å². The van der Waals surface area contributed by atoms with Crippen molar-refractivity contribution in [2.24, 2.45) is 5.11 Å². The van der Waals surface area contributed by atoms with E-state index in [0.717, 1.165) is 11.3 Å². The molecule has 0 aromatic carbocycles. The zero-order valence-corrected chi connectivity index (χ0v) is 8.54. The standard InChI is InChI=1S/C7H8N4O2S/c1-3-13-6(12)5-4(2)9-7(14-5)10-11-8/h3H2,1-2H3. The van der Waals surface area contributed by atoms with Gasteiger partial charge in [0.1, 0.15) is 4.88 Å². The van der Waals surface area contributed by atoms with Crippen LogP contribution in [0.2, 0.25) is 0 Å². The Morgan fingerprint density at radius 1 is 1.79 bits per heavy atom. The monoisotopic (exact) mass is 212 g/mol. The van der Waals surface area contributed by atoms with E-state index >= 15 is 0 Å². The van der Waals surface area contributed by atoms with E-state index in [4.69, 9.17) is 10.3 Å². The van der Waals surface area contributed by atoms with Crippen LogP contribution in [0.4, 0.5) is 5.13 Å². The smallest absolute Gasteiger partial charge is 0.350 e. The third-order valence-electron chi connectivity index (χ3n) is 1.38. The van der Waals surface area contributed by atoms with E-state index in [1.807, 2.05) is 0 Å². The molecule has 0 spiro atoms. The van der Waals surface area contributed by atoms with Crippen molar-refractivity contribution in [2.75, 3.05) is 6.61 Å². The van der Waals surface area contributed by atoms with Crippen LogP contribution in [0.3, 0.4) is 0 Å². The molecule has 6 nitrogen and oxygen atoms in total. The number of carbonyl (C=O) groups is 1. The van der Waals surface area contributed by atoms with Gasteiger partial charge < -0.3 is 4.74 Å². The first-order chi connectivity index (χ1) is 6.69. The Hall–Kier alpha value is -1.59. The highest BCUT2D eigenvalue weighted by Crippen LogP contribution is 2.25. The SMILES string of the molecule is CCOC(=O)c1sc(N=[N+]=[N-])nc1C. The lowest BCUT2D eigenvalue weighted by Crippen LogP contribution is -2.03. The second-order valence-corrected chi connectivity index (χ2v) is 3.30. The highest BCUT2D eigenvalue weighted by Gasteiger charge is 2.15. The molecule has 0 fully saturated rings. The van der Waals surface area contributed by atoms with E-state index in [9.17, 15) is 4.79 Å². The first-order valence-electron chi connectivity index (χ1n) is 3.88. The molecule has 0 bridgehead atoms. The maximum atomic E-state index is 11.3. The molecule has 7 heteroatoms. The van der Waals surface area contributed by atoms with Crippen LogP contribution in [0.1, 0.15) is 22.3 Å². The summed E-state index contributed by atoms with van der Waals surface area (Å²) in [5.41, 5.74) is 8.69. The van der Waals surface area contributed by atoms with Crippen LogP contribution < -0.4 is 0 Å². The summed E-state index contributed by atoms with van der Waals surface area (Å²) in [6, 6.07) is 0. The molecule has 0 radical (unpaired) electrons. The maximum absolute atomic E-state index is 11.3. The Balaban J connectivity index is 2.97. The van der Waals surface area contributed by atoms with E-state index in [1.54, 1.807) is 13.8 Å². The quantitative estimate of drug-likeness (QED) is 0.334. The Morgan fingerprint density at radius 3 is 3.07 bits per heavy atom. The van der Waals surface area contributed by atoms with E-state index in [1.165, 1.54) is 0 Å². The number of ether oxygens (including phenoxy) is 1. The lowest BCUT2D eigenvalue weighted by molar-refractivity contribution is 0.0531. The molecule has 0 saturated heterocycles. The van der Waals surface area contributed by atoms with Gasteiger partial charge in [0.05, 0.1) is 12.3 Å². The van der Waals surface area contributed by atoms with E-state index in [2.05, 4.69) is 15.0 Å². The Bertz CT molecular complexity index is 394. The molecule has 1 rings (SSSR count). The van der Waals surface area contributed by atoms with Gasteiger partial charge in [-0.15, -0.1) is 11.3 Å². The number of nitrogens with zero attached hydrogens (tertiary/aromatic N) is 4. The van der Waals surface area contributed by atoms with Crippen LogP contribution in [-0.4, -0.2) is 17.6 Å². The molecule has 0 aliphatic rings. The number of carbonyl (C=O) groups excluding carboxylic acids is 1. The Labute approximate surface area is 84.2 Å². The van der Waals surface area contributed by atoms with Crippen molar-refractivity contribution in [3.05, 3.63) is 21.0 Å². The number of hydrogen-bond donors (Lipinski definition) is 0. The summed E-state index contributed by atoms with van der Waals surface area (Å²) in [7, 11) is 0. The minimum atomic E-state index is -0.429. The van der Waals surface area contributed by atoms with Gasteiger partial charge in [0.15, 0.2) is 5.13 Å². The molecular weight excluding hydrogens is 204 g/mol. The summed E-state index contributed by atoms with van der Waals surface area (Å²) in [6.07, 6.45) is 0. The van der Waals surface area contributed by atoms with Gasteiger partial charge in [0.2, 0.25) is 0 Å². The summed E-state index contributed by atoms with van der Waals surface area (Å²) in [4.78, 5) is 18.2. The van der Waals surface area contributed by atoms with Gasteiger partial charge in [-0.1, -0.05) is 0 Å². The topological polar surface area (TPSA) is 88.0 Å². The molecule has 0 amide bonds. The third-order valence-corrected chi connectivity index (χ3v) is 2.40. The third kappa shape index (κ3) is 2.21. The maximum Gasteiger partial charge on any atom is 0.350 e. The molecule has 74 valence electrons. The molecule has 1 heterocycles. The molecular formula is C7H8N4O2S. The van der Waals surface area contributed by atoms with Gasteiger partial charge in [0.25, 0.3) is 0 Å². The highest BCUT2D eigenvalue weighted by molar-refractivity contribution is 7.17. The first kappa shape index (κ1) is 10.5. The summed E-state index contributed by atoms with van der Waals surface area (Å²) < 4.78 is 4.80. The van der Waals surface area contributed by atoms with Gasteiger partial charge in [0, 0.05) is 4.91 Å². The largest absolute Gasteiger partial charge is 0.462 e. The van der Waals surface area contributed by atoms with Crippen LogP contribution in [0.15, 0.2) is 5.11 Å². The number of esters is 1. The normalized spacial score (nSPS) is 9.29. The molecule has 0 saturated carbocycles. The zero-order chi connectivity index (χ0) is 10.6. The average Bonchev–Trinajstić information content (AvgIpc) is 2.48. The number of aromatic nitrogens is 1. The van der Waals surface area contributed by atoms with Crippen LogP contribution in [0.25, 0.3) is 10.4 Å². The molecule has 1 aromatic rings. The van der Waals surface area contributed by atoms with E-state index < -0.39 is 5.97 Å². The number of rotatable bonds is 3. The number of aryl methyl sites for hydroxylation is 1. The average molecular weight is 212 g/mol. The number of azide groups is 1. The van der Waals surface area contributed by atoms with Crippen molar-refractivity contribution in [3.8, 4) is 0 Å². The fraction of sp³-hybridized carbons (Fsp3) is 0.429. The second kappa shape index (κ2) is 4.59. The van der Waals surface area contributed by atoms with Crippen molar-refractivity contribution in [1.29, 1.82) is 0 Å². The van der Waals surface area contributed by atoms with Gasteiger partial charge in [-0.3, -0.25) is 0 Å². The molecule has 0 unspecified atom stereocenters. The summed E-state index contributed by atoms with van der Waals surface area (Å²) in [5, 5.41) is 3.54. The molecule has 0 aliphatic heterocycles. The van der Waals surface area contributed by atoms with Gasteiger partial charge in [-0.25, -0.2) is 9.78 Å². The zero-order valence-electron chi connectivity index (χ0n) is 7.72.